The molecule has 1 aromatic carbocycles. The van der Waals surface area contributed by atoms with Crippen LogP contribution >= 0.6 is 22.9 Å². The lowest BCUT2D eigenvalue weighted by molar-refractivity contribution is -0.133. The van der Waals surface area contributed by atoms with E-state index in [2.05, 4.69) is 16.0 Å². The van der Waals surface area contributed by atoms with E-state index in [-0.39, 0.29) is 11.3 Å². The molecule has 4 nitrogen and oxygen atoms in total. The molecule has 138 valence electrons. The molecule has 6 heteroatoms. The summed E-state index contributed by atoms with van der Waals surface area (Å²) in [4.78, 5) is 21.4. The lowest BCUT2D eigenvalue weighted by Gasteiger charge is -2.33. The minimum absolute atomic E-state index is 0.208. The number of rotatable bonds is 5. The number of piperidine rings is 1. The second kappa shape index (κ2) is 7.29. The van der Waals surface area contributed by atoms with Gasteiger partial charge in [-0.25, -0.2) is 4.98 Å². The molecule has 0 N–H and O–H groups in total. The van der Waals surface area contributed by atoms with E-state index >= 15 is 0 Å². The van der Waals surface area contributed by atoms with E-state index in [4.69, 9.17) is 11.6 Å². The van der Waals surface area contributed by atoms with Crippen LogP contribution in [-0.2, 0) is 17.9 Å². The second-order valence-corrected chi connectivity index (χ2v) is 8.85. The summed E-state index contributed by atoms with van der Waals surface area (Å²) in [6.07, 6.45) is 3.29. The predicted molar refractivity (Wildman–Crippen MR) is 105 cm³/mol. The number of halogens is 1. The monoisotopic (exact) mass is 389 g/mol. The van der Waals surface area contributed by atoms with E-state index in [0.29, 0.717) is 12.5 Å². The highest BCUT2D eigenvalue weighted by atomic mass is 35.5. The lowest BCUT2D eigenvalue weighted by atomic mass is 9.90. The van der Waals surface area contributed by atoms with Gasteiger partial charge in [-0.3, -0.25) is 9.69 Å². The van der Waals surface area contributed by atoms with Gasteiger partial charge < -0.3 is 4.90 Å². The molecule has 1 aliphatic carbocycles. The third-order valence-electron chi connectivity index (χ3n) is 5.89. The number of aromatic nitrogens is 1. The first-order chi connectivity index (χ1) is 12.6. The van der Waals surface area contributed by atoms with Crippen LogP contribution in [0.15, 0.2) is 35.2 Å². The van der Waals surface area contributed by atoms with Gasteiger partial charge in [-0.2, -0.15) is 0 Å². The molecule has 26 heavy (non-hydrogen) atoms. The Bertz CT molecular complexity index is 771. The van der Waals surface area contributed by atoms with Crippen LogP contribution in [0.2, 0.25) is 5.02 Å². The molecule has 1 saturated carbocycles. The van der Waals surface area contributed by atoms with Gasteiger partial charge in [-0.05, 0) is 55.5 Å². The van der Waals surface area contributed by atoms with Crippen LogP contribution in [-0.4, -0.2) is 40.8 Å². The number of likely N-dealkylation sites (tertiary alicyclic amines) is 1. The van der Waals surface area contributed by atoms with Crippen molar-refractivity contribution in [3.8, 4) is 0 Å². The molecule has 1 aromatic heterocycles. The molecule has 2 aromatic rings. The van der Waals surface area contributed by atoms with Gasteiger partial charge in [0, 0.05) is 29.9 Å². The number of amides is 1. The molecule has 0 bridgehead atoms. The maximum absolute atomic E-state index is 12.8. The van der Waals surface area contributed by atoms with Crippen LogP contribution in [0.25, 0.3) is 0 Å². The molecule has 1 saturated heterocycles. The smallest absolute Gasteiger partial charge is 0.226 e. The maximum Gasteiger partial charge on any atom is 0.226 e. The number of thiazole rings is 1. The second-order valence-electron chi connectivity index (χ2n) is 7.70. The number of hydrogen-bond acceptors (Lipinski definition) is 4. The minimum Gasteiger partial charge on any atom is -0.340 e. The zero-order chi connectivity index (χ0) is 18.1. The van der Waals surface area contributed by atoms with Gasteiger partial charge >= 0.3 is 0 Å². The summed E-state index contributed by atoms with van der Waals surface area (Å²) >= 11 is 7.67. The third kappa shape index (κ3) is 3.80. The van der Waals surface area contributed by atoms with Crippen LogP contribution in [0.1, 0.15) is 30.5 Å². The summed E-state index contributed by atoms with van der Waals surface area (Å²) in [5, 5.41) is 2.81. The van der Waals surface area contributed by atoms with Gasteiger partial charge in [0.25, 0.3) is 0 Å². The first-order valence-electron chi connectivity index (χ1n) is 9.15. The quantitative estimate of drug-likeness (QED) is 0.773. The molecule has 0 radical (unpaired) electrons. The largest absolute Gasteiger partial charge is 0.340 e. The van der Waals surface area contributed by atoms with Crippen LogP contribution in [0.3, 0.4) is 0 Å². The van der Waals surface area contributed by atoms with Crippen molar-refractivity contribution in [3.05, 3.63) is 51.4 Å². The van der Waals surface area contributed by atoms with E-state index in [1.807, 2.05) is 41.0 Å². The van der Waals surface area contributed by atoms with Crippen molar-refractivity contribution < 1.29 is 4.79 Å². The Labute approximate surface area is 163 Å². The van der Waals surface area contributed by atoms with E-state index in [9.17, 15) is 4.79 Å². The van der Waals surface area contributed by atoms with Crippen LogP contribution in [0.5, 0.6) is 0 Å². The first kappa shape index (κ1) is 18.0. The fourth-order valence-corrected chi connectivity index (χ4v) is 4.96. The van der Waals surface area contributed by atoms with Gasteiger partial charge in [0.15, 0.2) is 0 Å². The van der Waals surface area contributed by atoms with E-state index < -0.39 is 0 Å². The van der Waals surface area contributed by atoms with Crippen molar-refractivity contribution in [2.45, 2.75) is 32.4 Å². The molecule has 4 rings (SSSR count). The van der Waals surface area contributed by atoms with E-state index in [0.717, 1.165) is 49.6 Å². The predicted octanol–water partition coefficient (Wildman–Crippen LogP) is 4.06. The average molecular weight is 390 g/mol. The molecule has 1 unspecified atom stereocenters. The number of hydrogen-bond donors (Lipinski definition) is 0. The molecule has 2 aliphatic rings. The summed E-state index contributed by atoms with van der Waals surface area (Å²) in [5.74, 6) is 0.501. The summed E-state index contributed by atoms with van der Waals surface area (Å²) < 4.78 is 0. The topological polar surface area (TPSA) is 36.4 Å². The van der Waals surface area contributed by atoms with E-state index in [1.165, 1.54) is 5.56 Å². The van der Waals surface area contributed by atoms with Crippen molar-refractivity contribution in [3.63, 3.8) is 0 Å². The highest BCUT2D eigenvalue weighted by Gasteiger charge is 2.58. The summed E-state index contributed by atoms with van der Waals surface area (Å²) in [6, 6.07) is 8.10. The van der Waals surface area contributed by atoms with Gasteiger partial charge in [0.2, 0.25) is 5.91 Å². The molecule has 1 amide bonds. The standard InChI is InChI=1S/C20H24ClN3OS/c1-23(12-17-13-26-14-22-17)19(25)18-10-20(18)5-7-24(8-6-20)11-15-3-2-4-16(21)9-15/h2-4,9,13-14,18H,5-8,10-12H2,1H3. The molecule has 2 heterocycles. The Morgan fingerprint density at radius 2 is 2.23 bits per heavy atom. The fourth-order valence-electron chi connectivity index (χ4n) is 4.20. The van der Waals surface area contributed by atoms with E-state index in [1.54, 1.807) is 11.3 Å². The van der Waals surface area contributed by atoms with Gasteiger partial charge in [-0.15, -0.1) is 11.3 Å². The molecular formula is C20H24ClN3OS. The zero-order valence-electron chi connectivity index (χ0n) is 15.0. The highest BCUT2D eigenvalue weighted by Crippen LogP contribution is 2.60. The van der Waals surface area contributed by atoms with Crippen LogP contribution in [0, 0.1) is 11.3 Å². The van der Waals surface area contributed by atoms with Crippen LogP contribution in [0.4, 0.5) is 0 Å². The molecular weight excluding hydrogens is 366 g/mol. The fraction of sp³-hybridized carbons (Fsp3) is 0.500. The molecule has 1 spiro atoms. The van der Waals surface area contributed by atoms with Gasteiger partial charge in [0.1, 0.15) is 0 Å². The van der Waals surface area contributed by atoms with Crippen molar-refractivity contribution in [1.29, 1.82) is 0 Å². The number of benzene rings is 1. The van der Waals surface area contributed by atoms with Crippen LogP contribution < -0.4 is 0 Å². The summed E-state index contributed by atoms with van der Waals surface area (Å²) in [5.41, 5.74) is 4.32. The Morgan fingerprint density at radius 3 is 2.92 bits per heavy atom. The normalized spacial score (nSPS) is 21.7. The zero-order valence-corrected chi connectivity index (χ0v) is 16.6. The first-order valence-corrected chi connectivity index (χ1v) is 10.5. The molecule has 1 aliphatic heterocycles. The SMILES string of the molecule is CN(Cc1cscn1)C(=O)C1CC12CCN(Cc1cccc(Cl)c1)CC2. The Balaban J connectivity index is 1.29. The number of carbonyl (C=O) groups is 1. The highest BCUT2D eigenvalue weighted by molar-refractivity contribution is 7.07. The van der Waals surface area contributed by atoms with Crippen molar-refractivity contribution in [2.75, 3.05) is 20.1 Å². The number of carbonyl (C=O) groups excluding carboxylic acids is 1. The van der Waals surface area contributed by atoms with Crippen molar-refractivity contribution >= 4 is 28.8 Å². The summed E-state index contributed by atoms with van der Waals surface area (Å²) in [6.45, 7) is 3.69. The van der Waals surface area contributed by atoms with Gasteiger partial charge in [0.05, 0.1) is 17.7 Å². The lowest BCUT2D eigenvalue weighted by Crippen LogP contribution is -2.37. The molecule has 1 atom stereocenters. The average Bonchev–Trinajstić information content (AvgIpc) is 3.06. The maximum atomic E-state index is 12.8. The Hall–Kier alpha value is -1.43. The number of nitrogens with zero attached hydrogens (tertiary/aromatic N) is 3. The minimum atomic E-state index is 0.208. The third-order valence-corrected chi connectivity index (χ3v) is 6.76. The summed E-state index contributed by atoms with van der Waals surface area (Å²) in [7, 11) is 1.90. The van der Waals surface area contributed by atoms with Gasteiger partial charge in [-0.1, -0.05) is 23.7 Å². The van der Waals surface area contributed by atoms with Crippen molar-refractivity contribution in [2.24, 2.45) is 11.3 Å². The molecule has 2 fully saturated rings. The Morgan fingerprint density at radius 1 is 1.42 bits per heavy atom. The van der Waals surface area contributed by atoms with Crippen molar-refractivity contribution in [1.82, 2.24) is 14.8 Å². The Kier molecular flexibility index (Phi) is 5.04.